The summed E-state index contributed by atoms with van der Waals surface area (Å²) >= 11 is 0. The second kappa shape index (κ2) is 17.7. The SMILES string of the molecule is CCCCCOC(=O)C(CCC(C)C)(OC(=O)OCCC(C)CC)C(=O)OCC(C)CCC. The average molecular weight is 473 g/mol. The van der Waals surface area contributed by atoms with Gasteiger partial charge in [-0.15, -0.1) is 0 Å². The van der Waals surface area contributed by atoms with E-state index in [9.17, 15) is 14.4 Å². The van der Waals surface area contributed by atoms with Crippen LogP contribution in [0.5, 0.6) is 0 Å². The van der Waals surface area contributed by atoms with Gasteiger partial charge in [0.1, 0.15) is 0 Å². The fraction of sp³-hybridized carbons (Fsp3) is 0.885. The van der Waals surface area contributed by atoms with E-state index in [0.717, 1.165) is 32.1 Å². The molecule has 0 aliphatic carbocycles. The molecule has 0 amide bonds. The molecular formula is C26H48O7. The van der Waals surface area contributed by atoms with Gasteiger partial charge in [-0.05, 0) is 43.4 Å². The lowest BCUT2D eigenvalue weighted by Gasteiger charge is -2.29. The Bertz CT molecular complexity index is 561. The van der Waals surface area contributed by atoms with Crippen molar-refractivity contribution in [3.63, 3.8) is 0 Å². The zero-order valence-corrected chi connectivity index (χ0v) is 22.1. The van der Waals surface area contributed by atoms with Crippen LogP contribution in [0.2, 0.25) is 0 Å². The van der Waals surface area contributed by atoms with Gasteiger partial charge >= 0.3 is 23.7 Å². The quantitative estimate of drug-likeness (QED) is 0.0978. The number of carbonyl (C=O) groups excluding carboxylic acids is 3. The molecule has 7 heteroatoms. The van der Waals surface area contributed by atoms with E-state index in [1.807, 2.05) is 27.7 Å². The Balaban J connectivity index is 5.61. The first-order valence-corrected chi connectivity index (χ1v) is 12.8. The summed E-state index contributed by atoms with van der Waals surface area (Å²) in [6.45, 7) is 14.6. The molecule has 0 aromatic heterocycles. The summed E-state index contributed by atoms with van der Waals surface area (Å²) in [5.41, 5.74) is -2.16. The van der Waals surface area contributed by atoms with Gasteiger partial charge in [-0.25, -0.2) is 14.4 Å². The normalized spacial score (nSPS) is 14.8. The molecular weight excluding hydrogens is 424 g/mol. The number of unbranched alkanes of at least 4 members (excludes halogenated alkanes) is 2. The molecule has 0 saturated heterocycles. The summed E-state index contributed by atoms with van der Waals surface area (Å²) in [7, 11) is 0. The summed E-state index contributed by atoms with van der Waals surface area (Å²) in [6.07, 6.45) is 5.41. The minimum absolute atomic E-state index is 0.0151. The predicted molar refractivity (Wildman–Crippen MR) is 129 cm³/mol. The van der Waals surface area contributed by atoms with E-state index in [2.05, 4.69) is 20.8 Å². The van der Waals surface area contributed by atoms with Crippen molar-refractivity contribution in [1.29, 1.82) is 0 Å². The van der Waals surface area contributed by atoms with Crippen LogP contribution in [0.4, 0.5) is 4.79 Å². The summed E-state index contributed by atoms with van der Waals surface area (Å²) in [5, 5.41) is 0. The van der Waals surface area contributed by atoms with Crippen molar-refractivity contribution in [2.45, 2.75) is 112 Å². The molecule has 3 unspecified atom stereocenters. The van der Waals surface area contributed by atoms with Crippen molar-refractivity contribution in [3.05, 3.63) is 0 Å². The standard InChI is InChI=1S/C26H48O7/c1-8-11-12-17-30-23(27)26(16-14-20(4)5,24(28)32-19-22(7)13-9-2)33-25(29)31-18-15-21(6)10-3/h20-22H,8-19H2,1-7H3. The van der Waals surface area contributed by atoms with E-state index >= 15 is 0 Å². The number of ether oxygens (including phenoxy) is 4. The molecule has 0 aliphatic rings. The van der Waals surface area contributed by atoms with Crippen LogP contribution in [0.25, 0.3) is 0 Å². The first kappa shape index (κ1) is 31.2. The predicted octanol–water partition coefficient (Wildman–Crippen LogP) is 6.46. The highest BCUT2D eigenvalue weighted by Gasteiger charge is 2.53. The fourth-order valence-electron chi connectivity index (χ4n) is 3.18. The van der Waals surface area contributed by atoms with Gasteiger partial charge in [0.25, 0.3) is 0 Å². The highest BCUT2D eigenvalue weighted by molar-refractivity contribution is 6.05. The molecule has 194 valence electrons. The lowest BCUT2D eigenvalue weighted by atomic mass is 9.93. The lowest BCUT2D eigenvalue weighted by molar-refractivity contribution is -0.188. The number of hydrogen-bond donors (Lipinski definition) is 0. The third-order valence-corrected chi connectivity index (χ3v) is 5.78. The highest BCUT2D eigenvalue weighted by atomic mass is 16.7. The van der Waals surface area contributed by atoms with Crippen molar-refractivity contribution in [3.8, 4) is 0 Å². The Morgan fingerprint density at radius 1 is 0.727 bits per heavy atom. The summed E-state index contributed by atoms with van der Waals surface area (Å²) in [6, 6.07) is 0. The van der Waals surface area contributed by atoms with E-state index in [4.69, 9.17) is 18.9 Å². The van der Waals surface area contributed by atoms with Gasteiger partial charge in [0.2, 0.25) is 0 Å². The third kappa shape index (κ3) is 12.9. The molecule has 0 bridgehead atoms. The van der Waals surface area contributed by atoms with Gasteiger partial charge in [-0.1, -0.05) is 74.1 Å². The topological polar surface area (TPSA) is 88.1 Å². The van der Waals surface area contributed by atoms with Gasteiger partial charge < -0.3 is 18.9 Å². The summed E-state index contributed by atoms with van der Waals surface area (Å²) in [4.78, 5) is 38.9. The molecule has 33 heavy (non-hydrogen) atoms. The van der Waals surface area contributed by atoms with Crippen LogP contribution in [-0.4, -0.2) is 43.5 Å². The van der Waals surface area contributed by atoms with E-state index in [1.165, 1.54) is 0 Å². The van der Waals surface area contributed by atoms with Crippen LogP contribution in [0, 0.1) is 17.8 Å². The Kier molecular flexibility index (Phi) is 16.7. The van der Waals surface area contributed by atoms with Crippen LogP contribution < -0.4 is 0 Å². The van der Waals surface area contributed by atoms with Crippen LogP contribution >= 0.6 is 0 Å². The fourth-order valence-corrected chi connectivity index (χ4v) is 3.18. The Morgan fingerprint density at radius 2 is 1.39 bits per heavy atom. The zero-order valence-electron chi connectivity index (χ0n) is 22.1. The minimum Gasteiger partial charge on any atom is -0.462 e. The van der Waals surface area contributed by atoms with Crippen LogP contribution in [-0.2, 0) is 28.5 Å². The molecule has 0 aliphatic heterocycles. The second-order valence-corrected chi connectivity index (χ2v) is 9.60. The van der Waals surface area contributed by atoms with E-state index in [0.29, 0.717) is 25.2 Å². The molecule has 0 saturated carbocycles. The first-order valence-electron chi connectivity index (χ1n) is 12.8. The van der Waals surface area contributed by atoms with Crippen molar-refractivity contribution in [2.75, 3.05) is 19.8 Å². The first-order chi connectivity index (χ1) is 15.6. The van der Waals surface area contributed by atoms with E-state index in [1.54, 1.807) is 0 Å². The lowest BCUT2D eigenvalue weighted by Crippen LogP contribution is -2.53. The van der Waals surface area contributed by atoms with Gasteiger partial charge in [-0.2, -0.15) is 0 Å². The van der Waals surface area contributed by atoms with Gasteiger partial charge in [0.15, 0.2) is 0 Å². The number of esters is 2. The monoisotopic (exact) mass is 472 g/mol. The zero-order chi connectivity index (χ0) is 25.3. The van der Waals surface area contributed by atoms with Gasteiger partial charge in [-0.3, -0.25) is 0 Å². The molecule has 7 nitrogen and oxygen atoms in total. The molecule has 0 heterocycles. The van der Waals surface area contributed by atoms with Gasteiger partial charge in [0.05, 0.1) is 19.8 Å². The minimum atomic E-state index is -2.16. The molecule has 0 N–H and O–H groups in total. The van der Waals surface area contributed by atoms with Crippen LogP contribution in [0.15, 0.2) is 0 Å². The van der Waals surface area contributed by atoms with Crippen molar-refractivity contribution in [1.82, 2.24) is 0 Å². The largest absolute Gasteiger partial charge is 0.510 e. The molecule has 0 spiro atoms. The summed E-state index contributed by atoms with van der Waals surface area (Å²) < 4.78 is 21.6. The maximum atomic E-state index is 13.2. The molecule has 0 fully saturated rings. The van der Waals surface area contributed by atoms with Crippen molar-refractivity contribution < 1.29 is 33.3 Å². The maximum absolute atomic E-state index is 13.2. The Morgan fingerprint density at radius 3 is 1.97 bits per heavy atom. The van der Waals surface area contributed by atoms with Crippen LogP contribution in [0.1, 0.15) is 106 Å². The Hall–Kier alpha value is -1.79. The van der Waals surface area contributed by atoms with Crippen molar-refractivity contribution >= 4 is 18.1 Å². The number of carbonyl (C=O) groups is 3. The smallest absolute Gasteiger partial charge is 0.462 e. The Labute approximate surface area is 201 Å². The second-order valence-electron chi connectivity index (χ2n) is 9.60. The van der Waals surface area contributed by atoms with Crippen LogP contribution in [0.3, 0.4) is 0 Å². The highest BCUT2D eigenvalue weighted by Crippen LogP contribution is 2.27. The molecule has 3 atom stereocenters. The van der Waals surface area contributed by atoms with Gasteiger partial charge in [0, 0.05) is 6.42 Å². The maximum Gasteiger partial charge on any atom is 0.510 e. The molecule has 0 rings (SSSR count). The molecule has 0 aromatic rings. The number of hydrogen-bond acceptors (Lipinski definition) is 7. The van der Waals surface area contributed by atoms with Crippen molar-refractivity contribution in [2.24, 2.45) is 17.8 Å². The third-order valence-electron chi connectivity index (χ3n) is 5.78. The average Bonchev–Trinajstić information content (AvgIpc) is 2.77. The summed E-state index contributed by atoms with van der Waals surface area (Å²) in [5.74, 6) is -1.08. The number of rotatable bonds is 18. The molecule has 0 aromatic carbocycles. The molecule has 0 radical (unpaired) electrons. The van der Waals surface area contributed by atoms with E-state index < -0.39 is 23.7 Å². The van der Waals surface area contributed by atoms with E-state index in [-0.39, 0.29) is 38.1 Å².